The first-order chi connectivity index (χ1) is 6.52. The van der Waals surface area contributed by atoms with Gasteiger partial charge in [0.15, 0.2) is 0 Å². The van der Waals surface area contributed by atoms with Crippen LogP contribution >= 0.6 is 0 Å². The number of hydrogen-bond donors (Lipinski definition) is 2. The fourth-order valence-corrected chi connectivity index (χ4v) is 1.05. The highest BCUT2D eigenvalue weighted by Crippen LogP contribution is 2.01. The first-order valence-electron chi connectivity index (χ1n) is 4.64. The second kappa shape index (κ2) is 6.18. The Balaban J connectivity index is 4.30. The van der Waals surface area contributed by atoms with Crippen molar-refractivity contribution in [3.8, 4) is 0 Å². The topological polar surface area (TPSA) is 58.2 Å². The third-order valence-corrected chi connectivity index (χ3v) is 1.84. The van der Waals surface area contributed by atoms with Gasteiger partial charge in [0.1, 0.15) is 6.04 Å². The predicted octanol–water partition coefficient (Wildman–Crippen LogP) is 0.449. The summed E-state index contributed by atoms with van der Waals surface area (Å²) in [7, 11) is 1.55. The lowest BCUT2D eigenvalue weighted by Crippen LogP contribution is -2.48. The highest BCUT2D eigenvalue weighted by Gasteiger charge is 2.22. The lowest BCUT2D eigenvalue weighted by Gasteiger charge is -2.20. The molecular formula is C10H18N2O2. The molecule has 0 bridgehead atoms. The molecule has 4 nitrogen and oxygen atoms in total. The Morgan fingerprint density at radius 1 is 1.43 bits per heavy atom. The zero-order valence-corrected chi connectivity index (χ0v) is 8.96. The van der Waals surface area contributed by atoms with Crippen LogP contribution in [0.4, 0.5) is 0 Å². The summed E-state index contributed by atoms with van der Waals surface area (Å²) in [6, 6.07) is -0.465. The van der Waals surface area contributed by atoms with Gasteiger partial charge in [-0.1, -0.05) is 19.9 Å². The Morgan fingerprint density at radius 2 is 2.00 bits per heavy atom. The third-order valence-electron chi connectivity index (χ3n) is 1.84. The zero-order chi connectivity index (χ0) is 11.1. The van der Waals surface area contributed by atoms with Gasteiger partial charge in [-0.25, -0.2) is 0 Å². The molecule has 0 fully saturated rings. The zero-order valence-electron chi connectivity index (χ0n) is 8.96. The summed E-state index contributed by atoms with van der Waals surface area (Å²) in [5.41, 5.74) is 0. The summed E-state index contributed by atoms with van der Waals surface area (Å²) in [5.74, 6) is -0.275. The molecule has 0 rings (SSSR count). The molecule has 0 unspecified atom stereocenters. The maximum Gasteiger partial charge on any atom is 0.242 e. The summed E-state index contributed by atoms with van der Waals surface area (Å²) in [6.07, 6.45) is 1.75. The Kier molecular flexibility index (Phi) is 5.60. The minimum absolute atomic E-state index is 0.0729. The van der Waals surface area contributed by atoms with Gasteiger partial charge in [0.05, 0.1) is 0 Å². The van der Waals surface area contributed by atoms with Crippen molar-refractivity contribution in [1.29, 1.82) is 0 Å². The molecule has 0 aliphatic heterocycles. The molecule has 0 aromatic rings. The highest BCUT2D eigenvalue weighted by molar-refractivity contribution is 5.88. The van der Waals surface area contributed by atoms with Crippen molar-refractivity contribution in [1.82, 2.24) is 10.6 Å². The van der Waals surface area contributed by atoms with Crippen molar-refractivity contribution < 1.29 is 9.59 Å². The molecule has 0 radical (unpaired) electrons. The Bertz CT molecular complexity index is 224. The molecule has 14 heavy (non-hydrogen) atoms. The number of carbonyl (C=O) groups is 2. The van der Waals surface area contributed by atoms with E-state index in [1.165, 1.54) is 6.08 Å². The van der Waals surface area contributed by atoms with Gasteiger partial charge in [0, 0.05) is 13.5 Å². The van der Waals surface area contributed by atoms with Gasteiger partial charge in [0.2, 0.25) is 11.8 Å². The monoisotopic (exact) mass is 198 g/mol. The number of nitrogens with one attached hydrogen (secondary N) is 2. The standard InChI is InChI=1S/C10H18N2O2/c1-5-6-8(13)12-9(7(2)3)10(14)11-4/h5,7,9H,1,6H2,2-4H3,(H,11,14)(H,12,13)/t9-/m0/s1. The van der Waals surface area contributed by atoms with Crippen molar-refractivity contribution in [2.45, 2.75) is 26.3 Å². The maximum atomic E-state index is 11.3. The predicted molar refractivity (Wildman–Crippen MR) is 55.6 cm³/mol. The van der Waals surface area contributed by atoms with Gasteiger partial charge in [-0.2, -0.15) is 0 Å². The highest BCUT2D eigenvalue weighted by atomic mass is 16.2. The Hall–Kier alpha value is -1.32. The molecule has 0 aromatic heterocycles. The first-order valence-corrected chi connectivity index (χ1v) is 4.64. The number of carbonyl (C=O) groups excluding carboxylic acids is 2. The van der Waals surface area contributed by atoms with Crippen LogP contribution in [-0.4, -0.2) is 24.9 Å². The van der Waals surface area contributed by atoms with Crippen molar-refractivity contribution in [2.75, 3.05) is 7.05 Å². The lowest BCUT2D eigenvalue weighted by atomic mass is 10.0. The molecule has 0 aliphatic carbocycles. The third kappa shape index (κ3) is 4.07. The van der Waals surface area contributed by atoms with Crippen LogP contribution in [0.2, 0.25) is 0 Å². The Morgan fingerprint density at radius 3 is 2.36 bits per heavy atom. The molecule has 0 aliphatic rings. The van der Waals surface area contributed by atoms with Gasteiger partial charge in [-0.05, 0) is 5.92 Å². The van der Waals surface area contributed by atoms with Gasteiger partial charge >= 0.3 is 0 Å². The molecule has 2 N–H and O–H groups in total. The summed E-state index contributed by atoms with van der Waals surface area (Å²) in [6.45, 7) is 7.22. The molecule has 0 heterocycles. The summed E-state index contributed by atoms with van der Waals surface area (Å²) >= 11 is 0. The molecule has 0 spiro atoms. The van der Waals surface area contributed by atoms with Crippen molar-refractivity contribution >= 4 is 11.8 Å². The van der Waals surface area contributed by atoms with Crippen LogP contribution in [0.25, 0.3) is 0 Å². The first kappa shape index (κ1) is 12.7. The van der Waals surface area contributed by atoms with Crippen molar-refractivity contribution in [3.63, 3.8) is 0 Å². The lowest BCUT2D eigenvalue weighted by molar-refractivity contribution is -0.129. The van der Waals surface area contributed by atoms with Gasteiger partial charge in [-0.15, -0.1) is 6.58 Å². The van der Waals surface area contributed by atoms with E-state index in [9.17, 15) is 9.59 Å². The number of hydrogen-bond acceptors (Lipinski definition) is 2. The van der Waals surface area contributed by atoms with E-state index in [0.29, 0.717) is 0 Å². The van der Waals surface area contributed by atoms with E-state index in [1.807, 2.05) is 13.8 Å². The normalized spacial score (nSPS) is 12.0. The summed E-state index contributed by atoms with van der Waals surface area (Å²) in [5, 5.41) is 5.16. The molecule has 1 atom stereocenters. The van der Waals surface area contributed by atoms with Crippen molar-refractivity contribution in [2.24, 2.45) is 5.92 Å². The Labute approximate surface area is 84.8 Å². The van der Waals surface area contributed by atoms with E-state index >= 15 is 0 Å². The smallest absolute Gasteiger partial charge is 0.242 e. The van der Waals surface area contributed by atoms with E-state index in [0.717, 1.165) is 0 Å². The maximum absolute atomic E-state index is 11.3. The van der Waals surface area contributed by atoms with Gasteiger partial charge < -0.3 is 10.6 Å². The fourth-order valence-electron chi connectivity index (χ4n) is 1.05. The van der Waals surface area contributed by atoms with E-state index < -0.39 is 6.04 Å². The minimum Gasteiger partial charge on any atom is -0.357 e. The fraction of sp³-hybridized carbons (Fsp3) is 0.600. The molecule has 0 saturated carbocycles. The molecular weight excluding hydrogens is 180 g/mol. The second-order valence-corrected chi connectivity index (χ2v) is 3.40. The number of likely N-dealkylation sites (N-methyl/N-ethyl adjacent to an activating group) is 1. The van der Waals surface area contributed by atoms with E-state index in [1.54, 1.807) is 7.05 Å². The molecule has 0 saturated heterocycles. The van der Waals surface area contributed by atoms with Crippen LogP contribution < -0.4 is 10.6 Å². The van der Waals surface area contributed by atoms with Crippen molar-refractivity contribution in [3.05, 3.63) is 12.7 Å². The molecule has 4 heteroatoms. The van der Waals surface area contributed by atoms with E-state index in [2.05, 4.69) is 17.2 Å². The minimum atomic E-state index is -0.465. The average Bonchev–Trinajstić information content (AvgIpc) is 2.13. The SMILES string of the molecule is C=CCC(=O)N[C@H](C(=O)NC)C(C)C. The quantitative estimate of drug-likeness (QED) is 0.630. The van der Waals surface area contributed by atoms with E-state index in [4.69, 9.17) is 0 Å². The van der Waals surface area contributed by atoms with Crippen LogP contribution in [0.3, 0.4) is 0 Å². The van der Waals surface area contributed by atoms with Crippen LogP contribution in [0, 0.1) is 5.92 Å². The number of amides is 2. The molecule has 80 valence electrons. The number of rotatable bonds is 5. The van der Waals surface area contributed by atoms with Crippen LogP contribution in [0.15, 0.2) is 12.7 Å². The summed E-state index contributed by atoms with van der Waals surface area (Å²) in [4.78, 5) is 22.6. The summed E-state index contributed by atoms with van der Waals surface area (Å²) < 4.78 is 0. The van der Waals surface area contributed by atoms with E-state index in [-0.39, 0.29) is 24.2 Å². The molecule has 2 amide bonds. The second-order valence-electron chi connectivity index (χ2n) is 3.40. The van der Waals surface area contributed by atoms with Crippen LogP contribution in [0.5, 0.6) is 0 Å². The average molecular weight is 198 g/mol. The largest absolute Gasteiger partial charge is 0.357 e. The van der Waals surface area contributed by atoms with Gasteiger partial charge in [-0.3, -0.25) is 9.59 Å². The molecule has 0 aromatic carbocycles. The van der Waals surface area contributed by atoms with Gasteiger partial charge in [0.25, 0.3) is 0 Å². The van der Waals surface area contributed by atoms with Crippen LogP contribution in [0.1, 0.15) is 20.3 Å². The van der Waals surface area contributed by atoms with Crippen LogP contribution in [-0.2, 0) is 9.59 Å².